The number of hydrazine groups is 1. The average molecular weight is 469 g/mol. The summed E-state index contributed by atoms with van der Waals surface area (Å²) in [5.41, 5.74) is 2.72. The summed E-state index contributed by atoms with van der Waals surface area (Å²) < 4.78 is 28.8. The van der Waals surface area contributed by atoms with Gasteiger partial charge in [-0.15, -0.1) is 0 Å². The van der Waals surface area contributed by atoms with E-state index in [4.69, 9.17) is 5.84 Å². The molecule has 0 aliphatic heterocycles. The van der Waals surface area contributed by atoms with Gasteiger partial charge in [-0.2, -0.15) is 0 Å². The Morgan fingerprint density at radius 3 is 2.75 bits per heavy atom. The molecule has 1 heterocycles. The molecule has 0 amide bonds. The number of pyridine rings is 1. The summed E-state index contributed by atoms with van der Waals surface area (Å²) in [6.45, 7) is 0. The van der Waals surface area contributed by atoms with Gasteiger partial charge in [0.15, 0.2) is 5.82 Å². The molecule has 1 aromatic heterocycles. The highest BCUT2D eigenvalue weighted by atomic mass is 127. The van der Waals surface area contributed by atoms with Crippen LogP contribution in [0.15, 0.2) is 45.9 Å². The monoisotopic (exact) mass is 468 g/mol. The van der Waals surface area contributed by atoms with Gasteiger partial charge in [-0.1, -0.05) is 0 Å². The summed E-state index contributed by atoms with van der Waals surface area (Å²) in [7, 11) is -3.78. The minimum absolute atomic E-state index is 0.0201. The molecule has 20 heavy (non-hydrogen) atoms. The van der Waals surface area contributed by atoms with E-state index in [1.807, 2.05) is 6.07 Å². The second kappa shape index (κ2) is 6.24. The number of nitrogen functional groups attached to an aromatic ring is 1. The first-order chi connectivity index (χ1) is 9.44. The molecule has 0 atom stereocenters. The lowest BCUT2D eigenvalue weighted by atomic mass is 10.3. The summed E-state index contributed by atoms with van der Waals surface area (Å²) >= 11 is 5.41. The summed E-state index contributed by atoms with van der Waals surface area (Å²) in [6, 6.07) is 8.30. The van der Waals surface area contributed by atoms with Gasteiger partial charge in [0.25, 0.3) is 10.0 Å². The number of halogens is 2. The van der Waals surface area contributed by atoms with E-state index in [0.29, 0.717) is 10.2 Å². The minimum Gasteiger partial charge on any atom is -0.307 e. The molecule has 2 rings (SSSR count). The molecule has 6 nitrogen and oxygen atoms in total. The highest BCUT2D eigenvalue weighted by Crippen LogP contribution is 2.28. The molecule has 0 unspecified atom stereocenters. The van der Waals surface area contributed by atoms with Crippen LogP contribution in [0.4, 0.5) is 11.5 Å². The first kappa shape index (κ1) is 15.5. The summed E-state index contributed by atoms with van der Waals surface area (Å²) in [4.78, 5) is 3.86. The van der Waals surface area contributed by atoms with Gasteiger partial charge in [-0.05, 0) is 68.9 Å². The predicted octanol–water partition coefficient (Wildman–Crippen LogP) is 2.54. The molecular weight excluding hydrogens is 459 g/mol. The number of hydrogen-bond acceptors (Lipinski definition) is 5. The fourth-order valence-electron chi connectivity index (χ4n) is 1.49. The highest BCUT2D eigenvalue weighted by Gasteiger charge is 2.20. The molecule has 0 saturated carbocycles. The minimum atomic E-state index is -3.78. The van der Waals surface area contributed by atoms with Crippen molar-refractivity contribution >= 4 is 60.0 Å². The summed E-state index contributed by atoms with van der Waals surface area (Å²) in [5, 5.41) is 0. The molecule has 0 saturated heterocycles. The Bertz CT molecular complexity index is 739. The molecule has 106 valence electrons. The molecule has 0 aliphatic carbocycles. The van der Waals surface area contributed by atoms with E-state index < -0.39 is 10.0 Å². The van der Waals surface area contributed by atoms with Gasteiger partial charge < -0.3 is 5.43 Å². The fraction of sp³-hybridized carbons (Fsp3) is 0. The Balaban J connectivity index is 2.43. The zero-order valence-corrected chi connectivity index (χ0v) is 14.5. The van der Waals surface area contributed by atoms with Crippen molar-refractivity contribution < 1.29 is 8.42 Å². The smallest absolute Gasteiger partial charge is 0.265 e. The molecule has 0 radical (unpaired) electrons. The van der Waals surface area contributed by atoms with Crippen LogP contribution in [-0.2, 0) is 10.0 Å². The van der Waals surface area contributed by atoms with E-state index in [1.54, 1.807) is 12.1 Å². The third kappa shape index (κ3) is 3.40. The van der Waals surface area contributed by atoms with E-state index >= 15 is 0 Å². The lowest BCUT2D eigenvalue weighted by Crippen LogP contribution is -2.18. The van der Waals surface area contributed by atoms with E-state index in [2.05, 4.69) is 53.7 Å². The van der Waals surface area contributed by atoms with Gasteiger partial charge in [-0.3, -0.25) is 4.72 Å². The molecule has 9 heteroatoms. The maximum Gasteiger partial charge on any atom is 0.265 e. The van der Waals surface area contributed by atoms with Crippen LogP contribution >= 0.6 is 38.5 Å². The van der Waals surface area contributed by atoms with Crippen molar-refractivity contribution in [1.29, 1.82) is 0 Å². The van der Waals surface area contributed by atoms with Crippen LogP contribution in [0.25, 0.3) is 0 Å². The normalized spacial score (nSPS) is 11.2. The number of rotatable bonds is 4. The first-order valence-electron chi connectivity index (χ1n) is 5.33. The summed E-state index contributed by atoms with van der Waals surface area (Å²) in [6.07, 6.45) is 1.45. The molecular formula is C11H10BrIN4O2S. The van der Waals surface area contributed by atoms with Crippen molar-refractivity contribution in [3.8, 4) is 0 Å². The summed E-state index contributed by atoms with van der Waals surface area (Å²) in [5.74, 6) is 5.36. The van der Waals surface area contributed by atoms with E-state index in [9.17, 15) is 8.42 Å². The molecule has 0 spiro atoms. The second-order valence-corrected chi connectivity index (χ2v) is 7.47. The van der Waals surface area contributed by atoms with Crippen LogP contribution < -0.4 is 16.0 Å². The lowest BCUT2D eigenvalue weighted by Gasteiger charge is -2.12. The van der Waals surface area contributed by atoms with Crippen molar-refractivity contribution in [3.05, 3.63) is 44.6 Å². The van der Waals surface area contributed by atoms with Crippen LogP contribution in [0.3, 0.4) is 0 Å². The van der Waals surface area contributed by atoms with Crippen LogP contribution in [-0.4, -0.2) is 13.4 Å². The van der Waals surface area contributed by atoms with E-state index in [1.165, 1.54) is 18.3 Å². The lowest BCUT2D eigenvalue weighted by molar-refractivity contribution is 0.601. The largest absolute Gasteiger partial charge is 0.307 e. The van der Waals surface area contributed by atoms with Crippen molar-refractivity contribution in [2.45, 2.75) is 4.90 Å². The maximum atomic E-state index is 12.4. The molecule has 1 aromatic carbocycles. The van der Waals surface area contributed by atoms with Gasteiger partial charge in [0.05, 0.1) is 5.69 Å². The van der Waals surface area contributed by atoms with Gasteiger partial charge >= 0.3 is 0 Å². The SMILES string of the molecule is NNc1ncccc1S(=O)(=O)Nc1cc(I)ccc1Br. The maximum absolute atomic E-state index is 12.4. The molecule has 4 N–H and O–H groups in total. The van der Waals surface area contributed by atoms with Crippen LogP contribution in [0.1, 0.15) is 0 Å². The van der Waals surface area contributed by atoms with Crippen molar-refractivity contribution in [2.75, 3.05) is 10.1 Å². The number of sulfonamides is 1. The zero-order chi connectivity index (χ0) is 14.8. The van der Waals surface area contributed by atoms with Gasteiger partial charge in [0, 0.05) is 14.2 Å². The third-order valence-corrected chi connectivity index (χ3v) is 5.13. The second-order valence-electron chi connectivity index (χ2n) is 3.72. The molecule has 0 bridgehead atoms. The number of hydrogen-bond donors (Lipinski definition) is 3. The van der Waals surface area contributed by atoms with Crippen LogP contribution in [0.2, 0.25) is 0 Å². The molecule has 0 aliphatic rings. The van der Waals surface area contributed by atoms with Crippen molar-refractivity contribution in [2.24, 2.45) is 5.84 Å². The van der Waals surface area contributed by atoms with E-state index in [0.717, 1.165) is 3.57 Å². The molecule has 0 fully saturated rings. The standard InChI is InChI=1S/C11H10BrIN4O2S/c12-8-4-3-7(13)6-9(8)17-20(18,19)10-2-1-5-15-11(10)16-14/h1-6,17H,14H2,(H,15,16). The fourth-order valence-corrected chi connectivity index (χ4v) is 3.65. The number of nitrogens with one attached hydrogen (secondary N) is 2. The molecule has 2 aromatic rings. The quantitative estimate of drug-likeness (QED) is 0.364. The van der Waals surface area contributed by atoms with Crippen molar-refractivity contribution in [3.63, 3.8) is 0 Å². The number of aromatic nitrogens is 1. The topological polar surface area (TPSA) is 97.1 Å². The Hall–Kier alpha value is -0.910. The number of anilines is 2. The Morgan fingerprint density at radius 1 is 1.30 bits per heavy atom. The Labute approximate surface area is 138 Å². The van der Waals surface area contributed by atoms with Gasteiger partial charge in [0.2, 0.25) is 0 Å². The van der Waals surface area contributed by atoms with Gasteiger partial charge in [-0.25, -0.2) is 19.2 Å². The van der Waals surface area contributed by atoms with Crippen LogP contribution in [0.5, 0.6) is 0 Å². The number of nitrogens with zero attached hydrogens (tertiary/aromatic N) is 1. The third-order valence-electron chi connectivity index (χ3n) is 2.37. The van der Waals surface area contributed by atoms with Gasteiger partial charge in [0.1, 0.15) is 4.90 Å². The number of benzene rings is 1. The van der Waals surface area contributed by atoms with Crippen LogP contribution in [0, 0.1) is 3.57 Å². The number of nitrogens with two attached hydrogens (primary N) is 1. The van der Waals surface area contributed by atoms with Crippen molar-refractivity contribution in [1.82, 2.24) is 4.98 Å². The highest BCUT2D eigenvalue weighted by molar-refractivity contribution is 14.1. The Morgan fingerprint density at radius 2 is 2.05 bits per heavy atom. The zero-order valence-electron chi connectivity index (χ0n) is 9.97. The predicted molar refractivity (Wildman–Crippen MR) is 89.7 cm³/mol. The van der Waals surface area contributed by atoms with E-state index in [-0.39, 0.29) is 10.7 Å². The average Bonchev–Trinajstić information content (AvgIpc) is 2.42. The Kier molecular flexibility index (Phi) is 4.83. The first-order valence-corrected chi connectivity index (χ1v) is 8.69.